The number of hydrogen-bond acceptors (Lipinski definition) is 3. The number of nitrogens with zero attached hydrogens (tertiary/aromatic N) is 1. The fourth-order valence-corrected chi connectivity index (χ4v) is 1.72. The lowest BCUT2D eigenvalue weighted by Crippen LogP contribution is -2.27. The molecule has 116 valence electrons. The lowest BCUT2D eigenvalue weighted by Gasteiger charge is -2.11. The third-order valence-corrected chi connectivity index (χ3v) is 2.98. The molecule has 0 radical (unpaired) electrons. The van der Waals surface area contributed by atoms with Gasteiger partial charge in [0.05, 0.1) is 0 Å². The Morgan fingerprint density at radius 3 is 2.57 bits per heavy atom. The largest absolute Gasteiger partial charge is 0.352 e. The normalized spacial score (nSPS) is 10.8. The molecule has 21 heavy (non-hydrogen) atoms. The van der Waals surface area contributed by atoms with Crippen molar-refractivity contribution in [3.63, 3.8) is 0 Å². The summed E-state index contributed by atoms with van der Waals surface area (Å²) in [6.07, 6.45) is 0.905. The maximum absolute atomic E-state index is 12.0. The lowest BCUT2D eigenvalue weighted by molar-refractivity contribution is -0.118. The van der Waals surface area contributed by atoms with Gasteiger partial charge in [0, 0.05) is 23.7 Å². The highest BCUT2D eigenvalue weighted by Crippen LogP contribution is 2.12. The summed E-state index contributed by atoms with van der Waals surface area (Å²) < 4.78 is 0. The Labute approximate surface area is 126 Å². The summed E-state index contributed by atoms with van der Waals surface area (Å²) in [6, 6.07) is 6.99. The quantitative estimate of drug-likeness (QED) is 0.755. The summed E-state index contributed by atoms with van der Waals surface area (Å²) in [4.78, 5) is 25.8. The Morgan fingerprint density at radius 2 is 1.95 bits per heavy atom. The summed E-state index contributed by atoms with van der Waals surface area (Å²) >= 11 is 0. The van der Waals surface area contributed by atoms with Crippen LogP contribution in [0.1, 0.15) is 30.6 Å². The second-order valence-electron chi connectivity index (χ2n) is 5.64. The molecule has 0 spiro atoms. The van der Waals surface area contributed by atoms with Crippen LogP contribution in [0.4, 0.5) is 5.69 Å². The van der Waals surface area contributed by atoms with Crippen LogP contribution in [0, 0.1) is 5.92 Å². The van der Waals surface area contributed by atoms with E-state index in [9.17, 15) is 9.59 Å². The minimum absolute atomic E-state index is 0.0569. The summed E-state index contributed by atoms with van der Waals surface area (Å²) in [5.41, 5.74) is 1.20. The van der Waals surface area contributed by atoms with Crippen molar-refractivity contribution in [2.24, 2.45) is 5.92 Å². The first-order valence-corrected chi connectivity index (χ1v) is 7.24. The molecule has 5 nitrogen and oxygen atoms in total. The predicted molar refractivity (Wildman–Crippen MR) is 85.4 cm³/mol. The van der Waals surface area contributed by atoms with Gasteiger partial charge in [0.2, 0.25) is 5.91 Å². The van der Waals surface area contributed by atoms with E-state index in [-0.39, 0.29) is 17.7 Å². The van der Waals surface area contributed by atoms with E-state index in [0.29, 0.717) is 17.8 Å². The zero-order chi connectivity index (χ0) is 15.8. The lowest BCUT2D eigenvalue weighted by atomic mass is 10.1. The number of rotatable bonds is 7. The van der Waals surface area contributed by atoms with Crippen LogP contribution in [0.15, 0.2) is 24.3 Å². The monoisotopic (exact) mass is 291 g/mol. The van der Waals surface area contributed by atoms with Gasteiger partial charge in [-0.2, -0.15) is 0 Å². The molecule has 0 aliphatic heterocycles. The van der Waals surface area contributed by atoms with Gasteiger partial charge >= 0.3 is 0 Å². The van der Waals surface area contributed by atoms with Crippen molar-refractivity contribution in [3.8, 4) is 0 Å². The number of amides is 2. The van der Waals surface area contributed by atoms with Crippen molar-refractivity contribution < 1.29 is 9.59 Å². The smallest absolute Gasteiger partial charge is 0.251 e. The molecule has 1 aromatic carbocycles. The van der Waals surface area contributed by atoms with Crippen molar-refractivity contribution in [1.82, 2.24) is 10.2 Å². The molecule has 1 rings (SSSR count). The van der Waals surface area contributed by atoms with E-state index in [4.69, 9.17) is 0 Å². The maximum Gasteiger partial charge on any atom is 0.251 e. The van der Waals surface area contributed by atoms with Gasteiger partial charge in [0.15, 0.2) is 0 Å². The van der Waals surface area contributed by atoms with Crippen LogP contribution in [0.25, 0.3) is 0 Å². The minimum Gasteiger partial charge on any atom is -0.352 e. The van der Waals surface area contributed by atoms with Crippen LogP contribution in [0.2, 0.25) is 0 Å². The number of carbonyl (C=O) groups is 2. The molecule has 0 bridgehead atoms. The highest BCUT2D eigenvalue weighted by molar-refractivity contribution is 5.97. The number of hydrogen-bond donors (Lipinski definition) is 2. The molecule has 0 atom stereocenters. The van der Waals surface area contributed by atoms with Crippen LogP contribution in [0.5, 0.6) is 0 Å². The molecular formula is C16H25N3O2. The Kier molecular flexibility index (Phi) is 6.88. The van der Waals surface area contributed by atoms with Gasteiger partial charge in [-0.3, -0.25) is 9.59 Å². The first kappa shape index (κ1) is 17.2. The third-order valence-electron chi connectivity index (χ3n) is 2.98. The van der Waals surface area contributed by atoms with E-state index in [2.05, 4.69) is 15.5 Å². The molecule has 2 amide bonds. The van der Waals surface area contributed by atoms with Gasteiger partial charge in [0.25, 0.3) is 5.91 Å². The van der Waals surface area contributed by atoms with Crippen LogP contribution < -0.4 is 10.6 Å². The molecule has 5 heteroatoms. The second-order valence-corrected chi connectivity index (χ2v) is 5.64. The fourth-order valence-electron chi connectivity index (χ4n) is 1.72. The van der Waals surface area contributed by atoms with E-state index in [0.717, 1.165) is 13.0 Å². The van der Waals surface area contributed by atoms with E-state index >= 15 is 0 Å². The van der Waals surface area contributed by atoms with Crippen molar-refractivity contribution in [2.75, 3.05) is 32.5 Å². The second kappa shape index (κ2) is 8.42. The van der Waals surface area contributed by atoms with Gasteiger partial charge in [-0.1, -0.05) is 19.9 Å². The van der Waals surface area contributed by atoms with E-state index in [1.54, 1.807) is 24.3 Å². The van der Waals surface area contributed by atoms with Gasteiger partial charge in [-0.25, -0.2) is 0 Å². The summed E-state index contributed by atoms with van der Waals surface area (Å²) in [5, 5.41) is 5.67. The number of anilines is 1. The first-order valence-electron chi connectivity index (χ1n) is 7.24. The molecule has 1 aromatic rings. The van der Waals surface area contributed by atoms with Crippen LogP contribution in [0.3, 0.4) is 0 Å². The molecule has 0 unspecified atom stereocenters. The predicted octanol–water partition coefficient (Wildman–Crippen LogP) is 1.96. The molecular weight excluding hydrogens is 266 g/mol. The molecule has 0 saturated carbocycles. The van der Waals surface area contributed by atoms with Crippen LogP contribution >= 0.6 is 0 Å². The van der Waals surface area contributed by atoms with Crippen LogP contribution in [-0.4, -0.2) is 43.9 Å². The molecule has 0 aliphatic rings. The summed E-state index contributed by atoms with van der Waals surface area (Å²) in [5.74, 6) is -0.263. The van der Waals surface area contributed by atoms with Gasteiger partial charge < -0.3 is 15.5 Å². The average molecular weight is 291 g/mol. The van der Waals surface area contributed by atoms with Gasteiger partial charge in [-0.05, 0) is 45.3 Å². The van der Waals surface area contributed by atoms with E-state index in [1.165, 1.54) is 0 Å². The van der Waals surface area contributed by atoms with Crippen molar-refractivity contribution in [1.29, 1.82) is 0 Å². The topological polar surface area (TPSA) is 61.4 Å². The summed E-state index contributed by atoms with van der Waals surface area (Å²) in [6.45, 7) is 5.23. The molecule has 0 fully saturated rings. The van der Waals surface area contributed by atoms with Crippen molar-refractivity contribution in [3.05, 3.63) is 29.8 Å². The fraction of sp³-hybridized carbons (Fsp3) is 0.500. The number of carbonyl (C=O) groups excluding carboxylic acids is 2. The van der Waals surface area contributed by atoms with Gasteiger partial charge in [0.1, 0.15) is 0 Å². The Hall–Kier alpha value is -1.88. The highest BCUT2D eigenvalue weighted by atomic mass is 16.2. The maximum atomic E-state index is 12.0. The Morgan fingerprint density at radius 1 is 1.24 bits per heavy atom. The number of benzene rings is 1. The standard InChI is InChI=1S/C16H25N3O2/c1-12(2)15(20)18-14-8-5-7-13(11-14)16(21)17-9-6-10-19(3)4/h5,7-8,11-12H,6,9-10H2,1-4H3,(H,17,21)(H,18,20). The average Bonchev–Trinajstić information content (AvgIpc) is 2.43. The zero-order valence-electron chi connectivity index (χ0n) is 13.3. The summed E-state index contributed by atoms with van der Waals surface area (Å²) in [7, 11) is 4.01. The van der Waals surface area contributed by atoms with Crippen molar-refractivity contribution >= 4 is 17.5 Å². The zero-order valence-corrected chi connectivity index (χ0v) is 13.3. The number of nitrogens with one attached hydrogen (secondary N) is 2. The highest BCUT2D eigenvalue weighted by Gasteiger charge is 2.09. The van der Waals surface area contributed by atoms with Gasteiger partial charge in [-0.15, -0.1) is 0 Å². The third kappa shape index (κ3) is 6.40. The van der Waals surface area contributed by atoms with E-state index in [1.807, 2.05) is 27.9 Å². The molecule has 0 heterocycles. The SMILES string of the molecule is CC(C)C(=O)Nc1cccc(C(=O)NCCCN(C)C)c1. The Balaban J connectivity index is 2.55. The van der Waals surface area contributed by atoms with Crippen molar-refractivity contribution in [2.45, 2.75) is 20.3 Å². The molecule has 2 N–H and O–H groups in total. The first-order chi connectivity index (χ1) is 9.90. The molecule has 0 aliphatic carbocycles. The molecule has 0 aromatic heterocycles. The Bertz CT molecular complexity index is 484. The molecule has 0 saturated heterocycles. The minimum atomic E-state index is -0.116. The van der Waals surface area contributed by atoms with Crippen LogP contribution in [-0.2, 0) is 4.79 Å². The van der Waals surface area contributed by atoms with E-state index < -0.39 is 0 Å².